The van der Waals surface area contributed by atoms with Gasteiger partial charge in [-0.3, -0.25) is 19.2 Å². The van der Waals surface area contributed by atoms with E-state index in [9.17, 15) is 28.8 Å². The number of anilines is 2. The quantitative estimate of drug-likeness (QED) is 0.292. The van der Waals surface area contributed by atoms with Gasteiger partial charge in [0, 0.05) is 0 Å². The lowest BCUT2D eigenvalue weighted by Crippen LogP contribution is -2.30. The van der Waals surface area contributed by atoms with E-state index in [1.807, 2.05) is 64.1 Å². The molecule has 0 unspecified atom stereocenters. The summed E-state index contributed by atoms with van der Waals surface area (Å²) >= 11 is 0. The molecule has 6 rings (SSSR count). The van der Waals surface area contributed by atoms with Crippen molar-refractivity contribution in [1.82, 2.24) is 0 Å². The van der Waals surface area contributed by atoms with Gasteiger partial charge in [0.1, 0.15) is 0 Å². The molecule has 0 atom stereocenters. The SMILES string of the molecule is Cc1cccc(C)c1N1C(=O)c2ccc(C(=O)O)cc2C1=O.Cc1cccc(C)c1N1C(=O)c2ccc(C(=O)O)cc2C1=O. The van der Waals surface area contributed by atoms with Gasteiger partial charge in [-0.2, -0.15) is 0 Å². The second-order valence-corrected chi connectivity index (χ2v) is 10.5. The molecule has 10 nitrogen and oxygen atoms in total. The number of aryl methyl sites for hydroxylation is 4. The number of imide groups is 2. The van der Waals surface area contributed by atoms with Gasteiger partial charge in [-0.15, -0.1) is 0 Å². The van der Waals surface area contributed by atoms with Crippen LogP contribution in [0.1, 0.15) is 84.4 Å². The number of amides is 4. The largest absolute Gasteiger partial charge is 0.478 e. The number of carbonyl (C=O) groups is 6. The van der Waals surface area contributed by atoms with E-state index in [4.69, 9.17) is 10.2 Å². The average molecular weight is 591 g/mol. The molecule has 0 aliphatic carbocycles. The number of para-hydroxylation sites is 2. The molecule has 0 radical (unpaired) electrons. The second-order valence-electron chi connectivity index (χ2n) is 10.5. The number of carboxylic acid groups (broad SMARTS) is 2. The lowest BCUT2D eigenvalue weighted by atomic mass is 10.1. The standard InChI is InChI=1S/2C17H13NO4/c2*1-9-4-3-5-10(2)14(9)18-15(19)12-7-6-11(17(21)22)8-13(12)16(18)20/h2*3-8H,1-2H3,(H,21,22). The van der Waals surface area contributed by atoms with Crippen LogP contribution in [0.5, 0.6) is 0 Å². The minimum absolute atomic E-state index is 0.0109. The number of aromatic carboxylic acids is 2. The van der Waals surface area contributed by atoms with Crippen molar-refractivity contribution < 1.29 is 39.0 Å². The van der Waals surface area contributed by atoms with E-state index in [1.54, 1.807) is 0 Å². The summed E-state index contributed by atoms with van der Waals surface area (Å²) in [5, 5.41) is 18.1. The highest BCUT2D eigenvalue weighted by molar-refractivity contribution is 6.36. The summed E-state index contributed by atoms with van der Waals surface area (Å²) in [5.74, 6) is -4.08. The van der Waals surface area contributed by atoms with Crippen molar-refractivity contribution in [3.05, 3.63) is 128 Å². The van der Waals surface area contributed by atoms with E-state index >= 15 is 0 Å². The zero-order chi connectivity index (χ0) is 32.0. The van der Waals surface area contributed by atoms with E-state index in [-0.39, 0.29) is 33.4 Å². The molecule has 0 bridgehead atoms. The lowest BCUT2D eigenvalue weighted by Gasteiger charge is -2.19. The number of benzene rings is 4. The van der Waals surface area contributed by atoms with E-state index < -0.39 is 35.6 Å². The minimum Gasteiger partial charge on any atom is -0.478 e. The van der Waals surface area contributed by atoms with E-state index in [2.05, 4.69) is 0 Å². The van der Waals surface area contributed by atoms with Gasteiger partial charge in [-0.1, -0.05) is 36.4 Å². The lowest BCUT2D eigenvalue weighted by molar-refractivity contribution is 0.0686. The van der Waals surface area contributed by atoms with Gasteiger partial charge in [0.15, 0.2) is 0 Å². The molecule has 10 heteroatoms. The van der Waals surface area contributed by atoms with Crippen LogP contribution in [0.4, 0.5) is 11.4 Å². The monoisotopic (exact) mass is 590 g/mol. The normalized spacial score (nSPS) is 13.5. The predicted octanol–water partition coefficient (Wildman–Crippen LogP) is 5.60. The molecule has 2 N–H and O–H groups in total. The molecule has 4 aromatic carbocycles. The molecule has 0 aromatic heterocycles. The van der Waals surface area contributed by atoms with Gasteiger partial charge in [0.25, 0.3) is 23.6 Å². The average Bonchev–Trinajstić information content (AvgIpc) is 3.37. The van der Waals surface area contributed by atoms with Crippen LogP contribution < -0.4 is 9.80 Å². The Morgan fingerprint density at radius 3 is 1.07 bits per heavy atom. The molecule has 4 aromatic rings. The highest BCUT2D eigenvalue weighted by atomic mass is 16.4. The van der Waals surface area contributed by atoms with Crippen LogP contribution >= 0.6 is 0 Å². The van der Waals surface area contributed by atoms with E-state index in [1.165, 1.54) is 36.4 Å². The fourth-order valence-electron chi connectivity index (χ4n) is 5.47. The number of hydrogen-bond acceptors (Lipinski definition) is 6. The first-order chi connectivity index (χ1) is 20.8. The Balaban J connectivity index is 0.000000175. The van der Waals surface area contributed by atoms with Crippen LogP contribution in [0.25, 0.3) is 0 Å². The maximum atomic E-state index is 12.6. The Morgan fingerprint density at radius 1 is 0.477 bits per heavy atom. The van der Waals surface area contributed by atoms with Gasteiger partial charge in [0.05, 0.1) is 44.8 Å². The third kappa shape index (κ3) is 4.82. The van der Waals surface area contributed by atoms with Crippen LogP contribution in [0.3, 0.4) is 0 Å². The predicted molar refractivity (Wildman–Crippen MR) is 161 cm³/mol. The van der Waals surface area contributed by atoms with Gasteiger partial charge in [0.2, 0.25) is 0 Å². The number of carbonyl (C=O) groups excluding carboxylic acids is 4. The smallest absolute Gasteiger partial charge is 0.335 e. The number of hydrogen-bond donors (Lipinski definition) is 2. The van der Waals surface area contributed by atoms with Crippen molar-refractivity contribution >= 4 is 46.9 Å². The van der Waals surface area contributed by atoms with Crippen molar-refractivity contribution in [3.8, 4) is 0 Å². The van der Waals surface area contributed by atoms with Crippen LogP contribution in [0.2, 0.25) is 0 Å². The summed E-state index contributed by atoms with van der Waals surface area (Å²) in [6.45, 7) is 7.31. The Labute approximate surface area is 251 Å². The zero-order valence-corrected chi connectivity index (χ0v) is 24.2. The number of fused-ring (bicyclic) bond motifs is 2. The molecule has 0 saturated carbocycles. The molecule has 0 spiro atoms. The maximum absolute atomic E-state index is 12.6. The van der Waals surface area contributed by atoms with Crippen LogP contribution in [0, 0.1) is 27.7 Å². The van der Waals surface area contributed by atoms with E-state index in [0.29, 0.717) is 11.4 Å². The first kappa shape index (κ1) is 29.6. The molecule has 44 heavy (non-hydrogen) atoms. The second kappa shape index (κ2) is 11.1. The topological polar surface area (TPSA) is 149 Å². The van der Waals surface area contributed by atoms with Crippen molar-refractivity contribution in [2.45, 2.75) is 27.7 Å². The first-order valence-electron chi connectivity index (χ1n) is 13.5. The molecular weight excluding hydrogens is 564 g/mol. The fourth-order valence-corrected chi connectivity index (χ4v) is 5.47. The number of carboxylic acids is 2. The van der Waals surface area contributed by atoms with Crippen LogP contribution in [-0.2, 0) is 0 Å². The molecule has 0 saturated heterocycles. The van der Waals surface area contributed by atoms with Crippen LogP contribution in [0.15, 0.2) is 72.8 Å². The Morgan fingerprint density at radius 2 is 0.773 bits per heavy atom. The molecule has 2 heterocycles. The maximum Gasteiger partial charge on any atom is 0.335 e. The third-order valence-corrected chi connectivity index (χ3v) is 7.59. The van der Waals surface area contributed by atoms with Crippen molar-refractivity contribution in [1.29, 1.82) is 0 Å². The summed E-state index contributed by atoms with van der Waals surface area (Å²) in [4.78, 5) is 74.6. The molecule has 0 fully saturated rings. The Bertz CT molecular complexity index is 1780. The highest BCUT2D eigenvalue weighted by Gasteiger charge is 2.39. The summed E-state index contributed by atoms with van der Waals surface area (Å²) in [5.41, 5.74) is 5.08. The van der Waals surface area contributed by atoms with Gasteiger partial charge >= 0.3 is 11.9 Å². The van der Waals surface area contributed by atoms with Crippen LogP contribution in [-0.4, -0.2) is 45.8 Å². The molecule has 2 aliphatic heterocycles. The molecule has 220 valence electrons. The minimum atomic E-state index is -1.13. The number of nitrogens with zero attached hydrogens (tertiary/aromatic N) is 2. The summed E-state index contributed by atoms with van der Waals surface area (Å²) in [6.07, 6.45) is 0. The summed E-state index contributed by atoms with van der Waals surface area (Å²) < 4.78 is 0. The summed E-state index contributed by atoms with van der Waals surface area (Å²) in [7, 11) is 0. The zero-order valence-electron chi connectivity index (χ0n) is 24.2. The van der Waals surface area contributed by atoms with Gasteiger partial charge in [-0.25, -0.2) is 19.4 Å². The highest BCUT2D eigenvalue weighted by Crippen LogP contribution is 2.34. The fraction of sp³-hybridized carbons (Fsp3) is 0.118. The van der Waals surface area contributed by atoms with Gasteiger partial charge < -0.3 is 10.2 Å². The van der Waals surface area contributed by atoms with E-state index in [0.717, 1.165) is 32.1 Å². The third-order valence-electron chi connectivity index (χ3n) is 7.59. The number of rotatable bonds is 4. The van der Waals surface area contributed by atoms with Crippen molar-refractivity contribution in [3.63, 3.8) is 0 Å². The molecular formula is C34H26N2O8. The Hall–Kier alpha value is -5.90. The van der Waals surface area contributed by atoms with Gasteiger partial charge in [-0.05, 0) is 86.3 Å². The van der Waals surface area contributed by atoms with Crippen molar-refractivity contribution in [2.75, 3.05) is 9.80 Å². The molecule has 4 amide bonds. The summed E-state index contributed by atoms with van der Waals surface area (Å²) in [6, 6.07) is 19.0. The van der Waals surface area contributed by atoms with Crippen molar-refractivity contribution in [2.24, 2.45) is 0 Å². The Kier molecular flexibility index (Phi) is 7.44. The first-order valence-corrected chi connectivity index (χ1v) is 13.5. The molecule has 2 aliphatic rings.